The molecular weight excluding hydrogens is 423 g/mol. The number of benzene rings is 1. The zero-order valence-corrected chi connectivity index (χ0v) is 18.0. The number of methoxy groups -OCH3 is 1. The van der Waals surface area contributed by atoms with Crippen molar-refractivity contribution in [3.05, 3.63) is 41.6 Å². The molecule has 172 valence electrons. The van der Waals surface area contributed by atoms with Crippen molar-refractivity contribution in [3.63, 3.8) is 0 Å². The van der Waals surface area contributed by atoms with E-state index in [0.29, 0.717) is 29.5 Å². The van der Waals surface area contributed by atoms with Crippen molar-refractivity contribution < 1.29 is 22.6 Å². The third-order valence-corrected chi connectivity index (χ3v) is 5.35. The first-order valence-electron chi connectivity index (χ1n) is 10.5. The van der Waals surface area contributed by atoms with Gasteiger partial charge in [-0.05, 0) is 24.6 Å². The molecule has 0 unspecified atom stereocenters. The predicted molar refractivity (Wildman–Crippen MR) is 118 cm³/mol. The van der Waals surface area contributed by atoms with Gasteiger partial charge in [-0.3, -0.25) is 4.90 Å². The quantitative estimate of drug-likeness (QED) is 0.490. The third kappa shape index (κ3) is 4.76. The van der Waals surface area contributed by atoms with Gasteiger partial charge < -0.3 is 25.1 Å². The Morgan fingerprint density at radius 2 is 1.97 bits per heavy atom. The molecule has 0 atom stereocenters. The smallest absolute Gasteiger partial charge is 0.418 e. The monoisotopic (exact) mass is 449 g/mol. The summed E-state index contributed by atoms with van der Waals surface area (Å²) in [4.78, 5) is 9.31. The second kappa shape index (κ2) is 9.25. The normalized spacial score (nSPS) is 15.2. The summed E-state index contributed by atoms with van der Waals surface area (Å²) >= 11 is 0. The third-order valence-electron chi connectivity index (χ3n) is 5.35. The van der Waals surface area contributed by atoms with Crippen LogP contribution in [0.1, 0.15) is 18.1 Å². The van der Waals surface area contributed by atoms with Crippen LogP contribution >= 0.6 is 0 Å². The Labute approximate surface area is 183 Å². The van der Waals surface area contributed by atoms with Crippen molar-refractivity contribution in [2.75, 3.05) is 50.6 Å². The summed E-state index contributed by atoms with van der Waals surface area (Å²) in [6, 6.07) is 7.43. The number of nitrogens with zero attached hydrogens (tertiary/aromatic N) is 2. The molecule has 1 aliphatic heterocycles. The molecule has 1 saturated heterocycles. The number of nitrogens with one attached hydrogen (secondary N) is 3. The topological polar surface area (TPSA) is 74.4 Å². The average molecular weight is 449 g/mol. The first kappa shape index (κ1) is 22.2. The fourth-order valence-corrected chi connectivity index (χ4v) is 3.85. The molecule has 0 radical (unpaired) electrons. The molecule has 0 saturated carbocycles. The molecule has 0 amide bonds. The fourth-order valence-electron chi connectivity index (χ4n) is 3.85. The van der Waals surface area contributed by atoms with Gasteiger partial charge in [0.2, 0.25) is 0 Å². The molecule has 4 rings (SSSR count). The summed E-state index contributed by atoms with van der Waals surface area (Å²) in [5.74, 6) is 1.04. The molecule has 3 N–H and O–H groups in total. The summed E-state index contributed by atoms with van der Waals surface area (Å²) in [5.41, 5.74) is 1.55. The zero-order chi connectivity index (χ0) is 22.7. The van der Waals surface area contributed by atoms with Gasteiger partial charge in [0.25, 0.3) is 0 Å². The Morgan fingerprint density at radius 3 is 2.66 bits per heavy atom. The number of alkyl halides is 3. The molecule has 0 bridgehead atoms. The van der Waals surface area contributed by atoms with Gasteiger partial charge >= 0.3 is 6.18 Å². The number of morpholine rings is 1. The molecule has 0 aliphatic carbocycles. The second-order valence-electron chi connectivity index (χ2n) is 7.56. The van der Waals surface area contributed by atoms with Crippen LogP contribution in [-0.2, 0) is 17.5 Å². The number of H-pyrrole nitrogens is 1. The van der Waals surface area contributed by atoms with Crippen LogP contribution in [0, 0.1) is 0 Å². The van der Waals surface area contributed by atoms with E-state index in [1.165, 1.54) is 0 Å². The maximum atomic E-state index is 13.4. The number of aromatic amines is 1. The maximum absolute atomic E-state index is 13.4. The van der Waals surface area contributed by atoms with Gasteiger partial charge in [-0.1, -0.05) is 6.07 Å². The highest BCUT2D eigenvalue weighted by Crippen LogP contribution is 2.39. The summed E-state index contributed by atoms with van der Waals surface area (Å²) in [7, 11) is 1.58. The van der Waals surface area contributed by atoms with Gasteiger partial charge in [-0.15, -0.1) is 0 Å². The fraction of sp³-hybridized carbons (Fsp3) is 0.409. The number of aromatic nitrogens is 2. The molecule has 0 spiro atoms. The van der Waals surface area contributed by atoms with Gasteiger partial charge in [-0.25, -0.2) is 4.98 Å². The summed E-state index contributed by atoms with van der Waals surface area (Å²) in [6.45, 7) is 6.32. The molecule has 3 heterocycles. The van der Waals surface area contributed by atoms with Crippen LogP contribution in [0.2, 0.25) is 0 Å². The van der Waals surface area contributed by atoms with Crippen molar-refractivity contribution in [3.8, 4) is 5.75 Å². The molecule has 3 aromatic rings. The molecule has 1 aliphatic rings. The van der Waals surface area contributed by atoms with E-state index in [4.69, 9.17) is 9.47 Å². The number of hydrogen-bond donors (Lipinski definition) is 3. The number of rotatable bonds is 7. The van der Waals surface area contributed by atoms with Crippen LogP contribution in [-0.4, -0.2) is 54.8 Å². The standard InChI is InChI=1S/C22H26F3N5O2/c1-3-26-17-11-19(29-21-20(17)15(12-27-21)22(23,24)25)28-16-5-4-14(10-18(16)31-2)13-30-6-8-32-9-7-30/h4-5,10-12H,3,6-9,13H2,1-2H3,(H3,26,27,28,29). The summed E-state index contributed by atoms with van der Waals surface area (Å²) < 4.78 is 51.2. The van der Waals surface area contributed by atoms with Crippen LogP contribution in [0.15, 0.2) is 30.5 Å². The van der Waals surface area contributed by atoms with E-state index < -0.39 is 11.7 Å². The van der Waals surface area contributed by atoms with Crippen LogP contribution < -0.4 is 15.4 Å². The lowest BCUT2D eigenvalue weighted by Gasteiger charge is -2.26. The van der Waals surface area contributed by atoms with E-state index in [2.05, 4.69) is 25.5 Å². The minimum absolute atomic E-state index is 0.0257. The Kier molecular flexibility index (Phi) is 6.43. The minimum atomic E-state index is -4.47. The Hall–Kier alpha value is -2.98. The molecule has 32 heavy (non-hydrogen) atoms. The first-order valence-corrected chi connectivity index (χ1v) is 10.5. The molecule has 1 aromatic carbocycles. The van der Waals surface area contributed by atoms with Crippen molar-refractivity contribution in [2.24, 2.45) is 0 Å². The lowest BCUT2D eigenvalue weighted by molar-refractivity contribution is -0.136. The highest BCUT2D eigenvalue weighted by Gasteiger charge is 2.35. The predicted octanol–water partition coefficient (Wildman–Crippen LogP) is 4.60. The van der Waals surface area contributed by atoms with Crippen molar-refractivity contribution in [1.82, 2.24) is 14.9 Å². The van der Waals surface area contributed by atoms with E-state index in [1.54, 1.807) is 13.2 Å². The maximum Gasteiger partial charge on any atom is 0.418 e. The van der Waals surface area contributed by atoms with Crippen molar-refractivity contribution in [1.29, 1.82) is 0 Å². The van der Waals surface area contributed by atoms with Gasteiger partial charge in [0.1, 0.15) is 17.2 Å². The Morgan fingerprint density at radius 1 is 1.19 bits per heavy atom. The van der Waals surface area contributed by atoms with Gasteiger partial charge in [0.15, 0.2) is 0 Å². The first-order chi connectivity index (χ1) is 15.4. The molecular formula is C22H26F3N5O2. The van der Waals surface area contributed by atoms with Crippen LogP contribution in [0.3, 0.4) is 0 Å². The molecule has 7 nitrogen and oxygen atoms in total. The van der Waals surface area contributed by atoms with Gasteiger partial charge in [0.05, 0.1) is 37.0 Å². The lowest BCUT2D eigenvalue weighted by atomic mass is 10.1. The molecule has 1 fully saturated rings. The summed E-state index contributed by atoms with van der Waals surface area (Å²) in [5, 5.41) is 6.22. The molecule has 2 aromatic heterocycles. The van der Waals surface area contributed by atoms with E-state index in [9.17, 15) is 13.2 Å². The second-order valence-corrected chi connectivity index (χ2v) is 7.56. The number of ether oxygens (including phenoxy) is 2. The van der Waals surface area contributed by atoms with E-state index >= 15 is 0 Å². The Bertz CT molecular complexity index is 1080. The van der Waals surface area contributed by atoms with E-state index in [1.807, 2.05) is 25.1 Å². The number of halogens is 3. The number of hydrogen-bond acceptors (Lipinski definition) is 6. The minimum Gasteiger partial charge on any atom is -0.495 e. The van der Waals surface area contributed by atoms with Crippen LogP contribution in [0.4, 0.5) is 30.4 Å². The van der Waals surface area contributed by atoms with Crippen molar-refractivity contribution >= 4 is 28.2 Å². The molecule has 10 heteroatoms. The van der Waals surface area contributed by atoms with E-state index in [0.717, 1.165) is 44.6 Å². The summed E-state index contributed by atoms with van der Waals surface area (Å²) in [6.07, 6.45) is -3.53. The van der Waals surface area contributed by atoms with Crippen LogP contribution in [0.25, 0.3) is 11.0 Å². The Balaban J connectivity index is 1.62. The number of anilines is 3. The van der Waals surface area contributed by atoms with Gasteiger partial charge in [0, 0.05) is 44.1 Å². The SMILES string of the molecule is CCNc1cc(Nc2ccc(CN3CCOCC3)cc2OC)nc2[nH]cc(C(F)(F)F)c12. The van der Waals surface area contributed by atoms with Crippen LogP contribution in [0.5, 0.6) is 5.75 Å². The largest absolute Gasteiger partial charge is 0.495 e. The number of fused-ring (bicyclic) bond motifs is 1. The average Bonchev–Trinajstić information content (AvgIpc) is 3.21. The highest BCUT2D eigenvalue weighted by molar-refractivity contribution is 5.95. The van der Waals surface area contributed by atoms with E-state index in [-0.39, 0.29) is 11.0 Å². The van der Waals surface area contributed by atoms with Gasteiger partial charge in [-0.2, -0.15) is 13.2 Å². The highest BCUT2D eigenvalue weighted by atomic mass is 19.4. The van der Waals surface area contributed by atoms with Crippen molar-refractivity contribution in [2.45, 2.75) is 19.6 Å². The lowest BCUT2D eigenvalue weighted by Crippen LogP contribution is -2.35. The zero-order valence-electron chi connectivity index (χ0n) is 18.0. The number of pyridine rings is 1.